The maximum atomic E-state index is 14.4. The van der Waals surface area contributed by atoms with Gasteiger partial charge in [0.05, 0.1) is 17.4 Å². The number of oxazole rings is 1. The summed E-state index contributed by atoms with van der Waals surface area (Å²) in [5, 5.41) is 5.14. The average Bonchev–Trinajstić information content (AvgIpc) is 3.98. The lowest BCUT2D eigenvalue weighted by Crippen LogP contribution is -2.57. The molecule has 0 spiro atoms. The Morgan fingerprint density at radius 3 is 2.63 bits per heavy atom. The summed E-state index contributed by atoms with van der Waals surface area (Å²) in [7, 11) is -3.92. The van der Waals surface area contributed by atoms with Gasteiger partial charge in [0, 0.05) is 18.0 Å². The third-order valence-corrected chi connectivity index (χ3v) is 11.7. The molecule has 51 heavy (non-hydrogen) atoms. The predicted molar refractivity (Wildman–Crippen MR) is 179 cm³/mol. The number of nitrogens with zero attached hydrogens (tertiary/aromatic N) is 2. The van der Waals surface area contributed by atoms with E-state index in [1.165, 1.54) is 17.0 Å². The van der Waals surface area contributed by atoms with Crippen LogP contribution in [0.25, 0.3) is 11.1 Å². The molecule has 3 amide bonds. The van der Waals surface area contributed by atoms with Gasteiger partial charge in [-0.25, -0.2) is 8.42 Å². The number of hydrogen-bond donors (Lipinski definition) is 3. The molecule has 2 saturated carbocycles. The minimum Gasteiger partial charge on any atom is -0.445 e. The van der Waals surface area contributed by atoms with Gasteiger partial charge in [-0.1, -0.05) is 43.2 Å². The van der Waals surface area contributed by atoms with Crippen LogP contribution in [0.15, 0.2) is 65.1 Å². The van der Waals surface area contributed by atoms with E-state index in [2.05, 4.69) is 20.3 Å². The number of aromatic nitrogens is 1. The van der Waals surface area contributed by atoms with Crippen molar-refractivity contribution in [1.82, 2.24) is 19.9 Å². The summed E-state index contributed by atoms with van der Waals surface area (Å²) in [6.45, 7) is -0.0883. The van der Waals surface area contributed by atoms with Gasteiger partial charge in [-0.15, -0.1) is 0 Å². The van der Waals surface area contributed by atoms with Crippen LogP contribution in [-0.2, 0) is 30.6 Å². The summed E-state index contributed by atoms with van der Waals surface area (Å²) in [6.07, 6.45) is 2.25. The number of ether oxygens (including phenoxy) is 1. The topological polar surface area (TPSA) is 160 Å². The van der Waals surface area contributed by atoms with Crippen LogP contribution in [0.4, 0.5) is 18.9 Å². The van der Waals surface area contributed by atoms with E-state index in [1.54, 1.807) is 24.3 Å². The van der Waals surface area contributed by atoms with Crippen LogP contribution in [0.5, 0.6) is 6.08 Å². The molecule has 4 aliphatic rings. The van der Waals surface area contributed by atoms with E-state index in [1.807, 2.05) is 12.2 Å². The van der Waals surface area contributed by atoms with Crippen molar-refractivity contribution in [3.05, 3.63) is 66.2 Å². The first kappa shape index (κ1) is 34.8. The fourth-order valence-corrected chi connectivity index (χ4v) is 8.24. The predicted octanol–water partition coefficient (Wildman–Crippen LogP) is 4.68. The lowest BCUT2D eigenvalue weighted by atomic mass is 10.0. The van der Waals surface area contributed by atoms with Crippen LogP contribution < -0.4 is 20.1 Å². The second-order valence-corrected chi connectivity index (χ2v) is 15.7. The van der Waals surface area contributed by atoms with Crippen molar-refractivity contribution in [2.75, 3.05) is 11.9 Å². The molecule has 0 unspecified atom stereocenters. The highest BCUT2D eigenvalue weighted by Gasteiger charge is 2.62. The van der Waals surface area contributed by atoms with Gasteiger partial charge in [-0.3, -0.25) is 19.1 Å². The molecule has 1 saturated heterocycles. The number of anilines is 1. The standard InChI is InChI=1S/C35H38F3N5O7S/c36-35(37,38)21-10-8-11-23(17-21)39-27-13-5-3-1-2-4-9-22-19-34(22,32(46)42-51(47,48)25-15-16-25)41-30(44)28-18-24(20-43(28)31(27)45)49-33-40-26-12-6-7-14-29(26)50-33/h4,6-12,14,17,22,24-25,27-28,39H,1-3,5,13,15-16,18-20H2,(H,41,44)(H,42,46)/b9-4-/t22-,24-,27+,28+,34-/m1/s1. The Bertz CT molecular complexity index is 1930. The number of carbonyl (C=O) groups excluding carboxylic acids is 3. The van der Waals surface area contributed by atoms with E-state index in [9.17, 15) is 36.0 Å². The van der Waals surface area contributed by atoms with Crippen molar-refractivity contribution in [2.24, 2.45) is 5.92 Å². The Morgan fingerprint density at radius 2 is 1.86 bits per heavy atom. The molecule has 16 heteroatoms. The highest BCUT2D eigenvalue weighted by Crippen LogP contribution is 2.46. The first-order valence-corrected chi connectivity index (χ1v) is 18.7. The molecule has 7 rings (SSSR count). The van der Waals surface area contributed by atoms with Gasteiger partial charge in [0.2, 0.25) is 21.8 Å². The zero-order valence-electron chi connectivity index (χ0n) is 27.5. The molecule has 2 aliphatic carbocycles. The van der Waals surface area contributed by atoms with Crippen molar-refractivity contribution < 1.29 is 45.1 Å². The van der Waals surface area contributed by atoms with Crippen molar-refractivity contribution in [1.29, 1.82) is 0 Å². The Hall–Kier alpha value is -4.60. The molecule has 1 aromatic heterocycles. The third-order valence-electron chi connectivity index (χ3n) is 9.92. The number of amides is 3. The zero-order chi connectivity index (χ0) is 36.0. The minimum atomic E-state index is -4.59. The number of alkyl halides is 3. The fraction of sp³-hybridized carbons (Fsp3) is 0.486. The molecule has 3 N–H and O–H groups in total. The number of nitrogens with one attached hydrogen (secondary N) is 3. The summed E-state index contributed by atoms with van der Waals surface area (Å²) in [5.41, 5.74) is -1.31. The third kappa shape index (κ3) is 7.55. The van der Waals surface area contributed by atoms with Gasteiger partial charge in [-0.05, 0) is 68.9 Å². The lowest BCUT2D eigenvalue weighted by Gasteiger charge is -2.30. The van der Waals surface area contributed by atoms with Crippen molar-refractivity contribution in [2.45, 2.75) is 92.9 Å². The van der Waals surface area contributed by atoms with Crippen molar-refractivity contribution in [3.8, 4) is 6.08 Å². The molecule has 0 radical (unpaired) electrons. The number of halogens is 3. The van der Waals surface area contributed by atoms with Crippen LogP contribution >= 0.6 is 0 Å². The summed E-state index contributed by atoms with van der Waals surface area (Å²) < 4.78 is 80.1. The molecule has 3 heterocycles. The molecular weight excluding hydrogens is 691 g/mol. The average molecular weight is 730 g/mol. The number of rotatable bonds is 7. The van der Waals surface area contributed by atoms with Crippen LogP contribution in [0.2, 0.25) is 0 Å². The first-order valence-electron chi connectivity index (χ1n) is 17.1. The van der Waals surface area contributed by atoms with E-state index in [-0.39, 0.29) is 37.6 Å². The van der Waals surface area contributed by atoms with Crippen LogP contribution in [0.1, 0.15) is 63.4 Å². The molecule has 3 aromatic rings. The zero-order valence-corrected chi connectivity index (χ0v) is 28.3. The molecular formula is C35H38F3N5O7S. The smallest absolute Gasteiger partial charge is 0.416 e. The van der Waals surface area contributed by atoms with E-state index >= 15 is 0 Å². The number of hydrogen-bond acceptors (Lipinski definition) is 9. The Kier molecular flexibility index (Phi) is 9.23. The second kappa shape index (κ2) is 13.5. The SMILES string of the molecule is O=C1N[C@]2(C(=O)NS(=O)(=O)C3CC3)C[C@H]2/C=C\CCCCC[C@H](Nc2cccc(C(F)(F)F)c2)C(=O)N2C[C@H](Oc3nc4ccccc4o3)C[C@@H]12. The maximum absolute atomic E-state index is 14.4. The fourth-order valence-electron chi connectivity index (χ4n) is 6.88. The van der Waals surface area contributed by atoms with Gasteiger partial charge >= 0.3 is 12.3 Å². The van der Waals surface area contributed by atoms with Crippen molar-refractivity contribution >= 4 is 44.5 Å². The lowest BCUT2D eigenvalue weighted by molar-refractivity contribution is -0.140. The van der Waals surface area contributed by atoms with E-state index in [0.717, 1.165) is 18.6 Å². The van der Waals surface area contributed by atoms with Crippen LogP contribution in [0.3, 0.4) is 0 Å². The largest absolute Gasteiger partial charge is 0.445 e. The Labute approximate surface area is 292 Å². The van der Waals surface area contributed by atoms with E-state index in [4.69, 9.17) is 9.15 Å². The summed E-state index contributed by atoms with van der Waals surface area (Å²) in [5.74, 6) is -2.52. The van der Waals surface area contributed by atoms with Gasteiger partial charge < -0.3 is 24.7 Å². The van der Waals surface area contributed by atoms with Gasteiger partial charge in [0.15, 0.2) is 5.58 Å². The summed E-state index contributed by atoms with van der Waals surface area (Å²) in [6, 6.07) is 9.41. The molecule has 2 aromatic carbocycles. The normalized spacial score (nSPS) is 28.1. The number of benzene rings is 2. The number of fused-ring (bicyclic) bond motifs is 3. The summed E-state index contributed by atoms with van der Waals surface area (Å²) >= 11 is 0. The molecule has 2 aliphatic heterocycles. The number of carbonyl (C=O) groups is 3. The molecule has 12 nitrogen and oxygen atoms in total. The van der Waals surface area contributed by atoms with Crippen LogP contribution in [0, 0.1) is 5.92 Å². The molecule has 0 bridgehead atoms. The maximum Gasteiger partial charge on any atom is 0.416 e. The Morgan fingerprint density at radius 1 is 1.06 bits per heavy atom. The van der Waals surface area contributed by atoms with E-state index < -0.39 is 74.4 Å². The molecule has 272 valence electrons. The Balaban J connectivity index is 1.19. The van der Waals surface area contributed by atoms with E-state index in [0.29, 0.717) is 43.2 Å². The van der Waals surface area contributed by atoms with Crippen molar-refractivity contribution in [3.63, 3.8) is 0 Å². The van der Waals surface area contributed by atoms with Gasteiger partial charge in [-0.2, -0.15) is 18.2 Å². The van der Waals surface area contributed by atoms with Crippen LogP contribution in [-0.4, -0.2) is 71.5 Å². The number of para-hydroxylation sites is 2. The van der Waals surface area contributed by atoms with Gasteiger partial charge in [0.1, 0.15) is 29.2 Å². The number of sulfonamides is 1. The molecule has 3 fully saturated rings. The number of allylic oxidation sites excluding steroid dienone is 1. The molecule has 5 atom stereocenters. The first-order chi connectivity index (χ1) is 24.3. The quantitative estimate of drug-likeness (QED) is 0.294. The monoisotopic (exact) mass is 729 g/mol. The van der Waals surface area contributed by atoms with Gasteiger partial charge in [0.25, 0.3) is 5.91 Å². The summed E-state index contributed by atoms with van der Waals surface area (Å²) in [4.78, 5) is 47.9. The highest BCUT2D eigenvalue weighted by molar-refractivity contribution is 7.91. The minimum absolute atomic E-state index is 0.0227. The second-order valence-electron chi connectivity index (χ2n) is 13.7. The highest BCUT2D eigenvalue weighted by atomic mass is 32.2.